The molecule has 3 atom stereocenters. The van der Waals surface area contributed by atoms with Crippen molar-refractivity contribution >= 4 is 23.1 Å². The number of benzene rings is 1. The molecule has 2 rings (SSSR count). The fourth-order valence-corrected chi connectivity index (χ4v) is 3.67. The standard InChI is InChI=1S/C14H17N3O7S/c1-8(7-24-17(21)22)16(14(19)20)12-11(15-13(18)25-12)9-3-5-10(23-2)6-4-9/h3-6,8,11-12H,7H2,1-2H3,(H,15,18)(H,19,20). The van der Waals surface area contributed by atoms with Gasteiger partial charge in [0.25, 0.3) is 10.3 Å². The van der Waals surface area contributed by atoms with Gasteiger partial charge >= 0.3 is 6.09 Å². The fraction of sp³-hybridized carbons (Fsp3) is 0.429. The summed E-state index contributed by atoms with van der Waals surface area (Å²) in [6, 6.07) is 5.42. The third kappa shape index (κ3) is 4.44. The van der Waals surface area contributed by atoms with Gasteiger partial charge in [0, 0.05) is 0 Å². The summed E-state index contributed by atoms with van der Waals surface area (Å²) in [5, 5.41) is 20.4. The molecule has 1 aromatic carbocycles. The Labute approximate surface area is 147 Å². The largest absolute Gasteiger partial charge is 0.497 e. The van der Waals surface area contributed by atoms with Crippen LogP contribution in [-0.4, -0.2) is 51.6 Å². The summed E-state index contributed by atoms with van der Waals surface area (Å²) in [7, 11) is 1.52. The molecule has 11 heteroatoms. The Morgan fingerprint density at radius 3 is 2.64 bits per heavy atom. The number of rotatable bonds is 7. The van der Waals surface area contributed by atoms with Crippen molar-refractivity contribution in [3.05, 3.63) is 39.9 Å². The second-order valence-corrected chi connectivity index (χ2v) is 6.34. The molecule has 1 aliphatic heterocycles. The van der Waals surface area contributed by atoms with Gasteiger partial charge in [-0.2, -0.15) is 0 Å². The number of hydrogen-bond acceptors (Lipinski definition) is 7. The van der Waals surface area contributed by atoms with E-state index in [0.29, 0.717) is 11.3 Å². The van der Waals surface area contributed by atoms with Gasteiger partial charge in [0.2, 0.25) is 0 Å². The van der Waals surface area contributed by atoms with Gasteiger partial charge in [0.1, 0.15) is 17.7 Å². The van der Waals surface area contributed by atoms with Gasteiger partial charge in [0.05, 0.1) is 19.2 Å². The van der Waals surface area contributed by atoms with E-state index in [9.17, 15) is 24.8 Å². The molecule has 0 bridgehead atoms. The maximum Gasteiger partial charge on any atom is 0.408 e. The van der Waals surface area contributed by atoms with Crippen LogP contribution in [0.2, 0.25) is 0 Å². The summed E-state index contributed by atoms with van der Waals surface area (Å²) in [5.41, 5.74) is 0.692. The van der Waals surface area contributed by atoms with Gasteiger partial charge in [-0.05, 0) is 36.4 Å². The first-order valence-corrected chi connectivity index (χ1v) is 8.11. The minimum atomic E-state index is -1.30. The Bertz CT molecular complexity index is 654. The predicted molar refractivity (Wildman–Crippen MR) is 87.9 cm³/mol. The van der Waals surface area contributed by atoms with Crippen LogP contribution in [0.4, 0.5) is 9.59 Å². The van der Waals surface area contributed by atoms with Crippen molar-refractivity contribution in [3.63, 3.8) is 0 Å². The number of nitrogens with one attached hydrogen (secondary N) is 1. The number of nitrogens with zero attached hydrogens (tertiary/aromatic N) is 2. The third-order valence-corrected chi connectivity index (χ3v) is 4.72. The van der Waals surface area contributed by atoms with E-state index in [2.05, 4.69) is 10.2 Å². The van der Waals surface area contributed by atoms with Gasteiger partial charge in [0.15, 0.2) is 0 Å². The molecular weight excluding hydrogens is 354 g/mol. The molecule has 1 saturated heterocycles. The fourth-order valence-electron chi connectivity index (χ4n) is 2.48. The summed E-state index contributed by atoms with van der Waals surface area (Å²) in [6.07, 6.45) is -1.30. The number of carbonyl (C=O) groups is 2. The molecule has 1 fully saturated rings. The van der Waals surface area contributed by atoms with Crippen molar-refractivity contribution in [2.45, 2.75) is 24.4 Å². The first-order chi connectivity index (χ1) is 11.8. The molecule has 10 nitrogen and oxygen atoms in total. The number of carbonyl (C=O) groups excluding carboxylic acids is 1. The second kappa shape index (κ2) is 7.92. The van der Waals surface area contributed by atoms with E-state index < -0.39 is 35.2 Å². The summed E-state index contributed by atoms with van der Waals surface area (Å²) < 4.78 is 5.08. The second-order valence-electron chi connectivity index (χ2n) is 5.25. The van der Waals surface area contributed by atoms with Crippen LogP contribution in [0.15, 0.2) is 24.3 Å². The van der Waals surface area contributed by atoms with E-state index in [-0.39, 0.29) is 5.24 Å². The van der Waals surface area contributed by atoms with Gasteiger partial charge in [-0.1, -0.05) is 12.1 Å². The monoisotopic (exact) mass is 371 g/mol. The van der Waals surface area contributed by atoms with Crippen LogP contribution in [0.5, 0.6) is 5.75 Å². The molecule has 1 aromatic rings. The number of thioether (sulfide) groups is 1. The topological polar surface area (TPSA) is 131 Å². The molecule has 136 valence electrons. The Morgan fingerprint density at radius 1 is 1.48 bits per heavy atom. The van der Waals surface area contributed by atoms with E-state index in [4.69, 9.17) is 4.74 Å². The van der Waals surface area contributed by atoms with E-state index in [1.54, 1.807) is 24.3 Å². The van der Waals surface area contributed by atoms with Crippen molar-refractivity contribution in [1.82, 2.24) is 10.2 Å². The highest BCUT2D eigenvalue weighted by Crippen LogP contribution is 2.37. The Balaban J connectivity index is 2.25. The Morgan fingerprint density at radius 2 is 2.12 bits per heavy atom. The molecule has 0 saturated carbocycles. The molecule has 25 heavy (non-hydrogen) atoms. The van der Waals surface area contributed by atoms with Crippen LogP contribution in [-0.2, 0) is 4.84 Å². The molecule has 0 radical (unpaired) electrons. The maximum absolute atomic E-state index is 11.8. The molecule has 1 heterocycles. The van der Waals surface area contributed by atoms with Gasteiger partial charge in [-0.25, -0.2) is 4.79 Å². The lowest BCUT2D eigenvalue weighted by Gasteiger charge is -2.33. The van der Waals surface area contributed by atoms with E-state index in [1.807, 2.05) is 0 Å². The highest BCUT2D eigenvalue weighted by Gasteiger charge is 2.42. The molecule has 0 aromatic heterocycles. The zero-order valence-electron chi connectivity index (χ0n) is 13.4. The van der Waals surface area contributed by atoms with Crippen molar-refractivity contribution in [2.24, 2.45) is 0 Å². The number of methoxy groups -OCH3 is 1. The van der Waals surface area contributed by atoms with E-state index >= 15 is 0 Å². The third-order valence-electron chi connectivity index (χ3n) is 3.65. The molecular formula is C14H17N3O7S. The van der Waals surface area contributed by atoms with E-state index in [1.165, 1.54) is 14.0 Å². The van der Waals surface area contributed by atoms with Crippen LogP contribution in [0, 0.1) is 10.1 Å². The lowest BCUT2D eigenvalue weighted by molar-refractivity contribution is -0.758. The van der Waals surface area contributed by atoms with Crippen molar-refractivity contribution < 1.29 is 29.4 Å². The number of ether oxygens (including phenoxy) is 1. The normalized spacial score (nSPS) is 20.5. The van der Waals surface area contributed by atoms with Crippen molar-refractivity contribution in [3.8, 4) is 5.75 Å². The van der Waals surface area contributed by atoms with Crippen LogP contribution in [0.1, 0.15) is 18.5 Å². The minimum Gasteiger partial charge on any atom is -0.497 e. The summed E-state index contributed by atoms with van der Waals surface area (Å²) in [6.45, 7) is 1.05. The summed E-state index contributed by atoms with van der Waals surface area (Å²) >= 11 is 0.816. The highest BCUT2D eigenvalue weighted by atomic mass is 32.2. The Hall–Kier alpha value is -2.69. The molecule has 2 N–H and O–H groups in total. The first-order valence-electron chi connectivity index (χ1n) is 7.23. The van der Waals surface area contributed by atoms with E-state index in [0.717, 1.165) is 16.7 Å². The number of hydrogen-bond donors (Lipinski definition) is 2. The molecule has 1 aliphatic rings. The number of amides is 2. The first kappa shape index (κ1) is 18.6. The molecule has 0 aliphatic carbocycles. The quantitative estimate of drug-likeness (QED) is 0.550. The smallest absolute Gasteiger partial charge is 0.408 e. The SMILES string of the molecule is COc1ccc(C2NC(=O)SC2N(C(=O)O)C(C)CO[N+](=O)[O-])cc1. The highest BCUT2D eigenvalue weighted by molar-refractivity contribution is 8.14. The van der Waals surface area contributed by atoms with Crippen LogP contribution in [0.3, 0.4) is 0 Å². The van der Waals surface area contributed by atoms with Crippen LogP contribution < -0.4 is 10.1 Å². The number of carboxylic acid groups (broad SMARTS) is 1. The van der Waals surface area contributed by atoms with Crippen LogP contribution in [0.25, 0.3) is 0 Å². The average molecular weight is 371 g/mol. The Kier molecular flexibility index (Phi) is 5.91. The predicted octanol–water partition coefficient (Wildman–Crippen LogP) is 2.10. The van der Waals surface area contributed by atoms with Gasteiger partial charge in [-0.15, -0.1) is 10.1 Å². The minimum absolute atomic E-state index is 0.375. The summed E-state index contributed by atoms with van der Waals surface area (Å²) in [5.74, 6) is 0.625. The lowest BCUT2D eigenvalue weighted by Crippen LogP contribution is -2.48. The lowest BCUT2D eigenvalue weighted by atomic mass is 10.1. The summed E-state index contributed by atoms with van der Waals surface area (Å²) in [4.78, 5) is 39.1. The van der Waals surface area contributed by atoms with Crippen molar-refractivity contribution in [1.29, 1.82) is 0 Å². The average Bonchev–Trinajstić information content (AvgIpc) is 2.94. The maximum atomic E-state index is 11.8. The van der Waals surface area contributed by atoms with Crippen LogP contribution >= 0.6 is 11.8 Å². The molecule has 2 amide bonds. The van der Waals surface area contributed by atoms with Gasteiger partial charge < -0.3 is 20.0 Å². The zero-order valence-corrected chi connectivity index (χ0v) is 14.3. The van der Waals surface area contributed by atoms with Gasteiger partial charge in [-0.3, -0.25) is 9.69 Å². The zero-order chi connectivity index (χ0) is 18.6. The molecule has 0 spiro atoms. The molecule has 3 unspecified atom stereocenters. The van der Waals surface area contributed by atoms with Crippen molar-refractivity contribution in [2.75, 3.05) is 13.7 Å².